The Balaban J connectivity index is 1.86. The third-order valence-electron chi connectivity index (χ3n) is 3.49. The lowest BCUT2D eigenvalue weighted by Crippen LogP contribution is -2.19. The van der Waals surface area contributed by atoms with E-state index in [0.717, 1.165) is 0 Å². The number of halogens is 5. The van der Waals surface area contributed by atoms with Crippen molar-refractivity contribution < 1.29 is 17.6 Å². The first kappa shape index (κ1) is 19.5. The number of benzene rings is 2. The maximum absolute atomic E-state index is 13.1. The Kier molecular flexibility index (Phi) is 5.32. The van der Waals surface area contributed by atoms with Crippen molar-refractivity contribution in [2.45, 2.75) is 6.18 Å². The van der Waals surface area contributed by atoms with Gasteiger partial charge in [0.25, 0.3) is 0 Å². The van der Waals surface area contributed by atoms with Crippen LogP contribution in [0.25, 0.3) is 11.0 Å². The fourth-order valence-corrected chi connectivity index (χ4v) is 2.88. The molecule has 2 N–H and O–H groups in total. The minimum absolute atomic E-state index is 0.155. The predicted molar refractivity (Wildman–Crippen MR) is 104 cm³/mol. The van der Waals surface area contributed by atoms with Gasteiger partial charge in [0.05, 0.1) is 15.6 Å². The summed E-state index contributed by atoms with van der Waals surface area (Å²) in [5.41, 5.74) is -1.46. The van der Waals surface area contributed by atoms with Crippen LogP contribution in [0.15, 0.2) is 51.7 Å². The molecule has 0 aliphatic heterocycles. The molecule has 0 amide bonds. The predicted octanol–water partition coefficient (Wildman–Crippen LogP) is 5.93. The first-order chi connectivity index (χ1) is 12.6. The Bertz CT molecular complexity index is 1100. The summed E-state index contributed by atoms with van der Waals surface area (Å²) in [6.07, 6.45) is -4.67. The SMILES string of the molecule is O=c1cc(C(F)(F)F)c2ccc(NC(=S)Nc3ccc(Cl)c(Cl)c3)cc2o1. The molecule has 3 rings (SSSR count). The van der Waals surface area contributed by atoms with Crippen molar-refractivity contribution in [1.82, 2.24) is 0 Å². The lowest BCUT2D eigenvalue weighted by Gasteiger charge is -2.13. The molecule has 0 saturated carbocycles. The normalized spacial score (nSPS) is 11.4. The maximum Gasteiger partial charge on any atom is 0.417 e. The van der Waals surface area contributed by atoms with Crippen molar-refractivity contribution in [2.24, 2.45) is 0 Å². The van der Waals surface area contributed by atoms with Gasteiger partial charge in [0.2, 0.25) is 0 Å². The van der Waals surface area contributed by atoms with E-state index in [-0.39, 0.29) is 16.1 Å². The van der Waals surface area contributed by atoms with Gasteiger partial charge in [0.1, 0.15) is 5.58 Å². The molecule has 1 heterocycles. The topological polar surface area (TPSA) is 54.3 Å². The van der Waals surface area contributed by atoms with E-state index in [1.807, 2.05) is 0 Å². The molecule has 0 unspecified atom stereocenters. The number of rotatable bonds is 2. The Morgan fingerprint density at radius 3 is 2.22 bits per heavy atom. The molecule has 0 bridgehead atoms. The van der Waals surface area contributed by atoms with E-state index in [1.165, 1.54) is 18.2 Å². The fraction of sp³-hybridized carbons (Fsp3) is 0.0588. The van der Waals surface area contributed by atoms with Crippen LogP contribution in [0.2, 0.25) is 10.0 Å². The number of anilines is 2. The van der Waals surface area contributed by atoms with Gasteiger partial charge in [0, 0.05) is 28.9 Å². The second-order valence-corrected chi connectivity index (χ2v) is 6.62. The van der Waals surface area contributed by atoms with E-state index in [2.05, 4.69) is 10.6 Å². The van der Waals surface area contributed by atoms with E-state index in [1.54, 1.807) is 18.2 Å². The van der Waals surface area contributed by atoms with E-state index in [4.69, 9.17) is 39.8 Å². The van der Waals surface area contributed by atoms with Crippen molar-refractivity contribution in [3.8, 4) is 0 Å². The number of fused-ring (bicyclic) bond motifs is 1. The summed E-state index contributed by atoms with van der Waals surface area (Å²) in [6.45, 7) is 0. The second-order valence-electron chi connectivity index (χ2n) is 5.40. The van der Waals surface area contributed by atoms with Crippen LogP contribution in [0.3, 0.4) is 0 Å². The molecule has 0 aliphatic rings. The van der Waals surface area contributed by atoms with Crippen LogP contribution in [-0.4, -0.2) is 5.11 Å². The van der Waals surface area contributed by atoms with Gasteiger partial charge in [0.15, 0.2) is 5.11 Å². The van der Waals surface area contributed by atoms with Crippen molar-refractivity contribution >= 4 is 62.9 Å². The molecule has 3 aromatic rings. The Morgan fingerprint density at radius 2 is 1.59 bits per heavy atom. The number of nitrogens with one attached hydrogen (secondary N) is 2. The van der Waals surface area contributed by atoms with Crippen molar-refractivity contribution in [3.63, 3.8) is 0 Å². The van der Waals surface area contributed by atoms with Gasteiger partial charge in [-0.3, -0.25) is 0 Å². The Morgan fingerprint density at radius 1 is 0.963 bits per heavy atom. The lowest BCUT2D eigenvalue weighted by molar-refractivity contribution is -0.136. The van der Waals surface area contributed by atoms with Crippen LogP contribution in [0, 0.1) is 0 Å². The average Bonchev–Trinajstić information content (AvgIpc) is 2.56. The second kappa shape index (κ2) is 7.38. The number of thiocarbonyl (C=S) groups is 1. The van der Waals surface area contributed by atoms with Crippen LogP contribution < -0.4 is 16.3 Å². The highest BCUT2D eigenvalue weighted by Gasteiger charge is 2.33. The summed E-state index contributed by atoms with van der Waals surface area (Å²) in [7, 11) is 0. The van der Waals surface area contributed by atoms with Crippen molar-refractivity contribution in [2.75, 3.05) is 10.6 Å². The third kappa shape index (κ3) is 4.52. The monoisotopic (exact) mass is 432 g/mol. The zero-order chi connectivity index (χ0) is 19.8. The quantitative estimate of drug-likeness (QED) is 0.388. The molecular weight excluding hydrogens is 424 g/mol. The molecule has 1 aromatic heterocycles. The zero-order valence-electron chi connectivity index (χ0n) is 13.2. The van der Waals surface area contributed by atoms with Gasteiger partial charge in [-0.25, -0.2) is 4.79 Å². The van der Waals surface area contributed by atoms with Gasteiger partial charge in [-0.2, -0.15) is 13.2 Å². The Labute approximate surface area is 165 Å². The van der Waals surface area contributed by atoms with Gasteiger partial charge in [-0.1, -0.05) is 23.2 Å². The maximum atomic E-state index is 13.1. The van der Waals surface area contributed by atoms with Gasteiger partial charge < -0.3 is 15.1 Å². The Hall–Kier alpha value is -2.29. The summed E-state index contributed by atoms with van der Waals surface area (Å²) < 4.78 is 44.1. The highest BCUT2D eigenvalue weighted by molar-refractivity contribution is 7.80. The van der Waals surface area contributed by atoms with Crippen molar-refractivity contribution in [1.29, 1.82) is 0 Å². The van der Waals surface area contributed by atoms with Crippen LogP contribution in [-0.2, 0) is 6.18 Å². The van der Waals surface area contributed by atoms with Gasteiger partial charge in [-0.05, 0) is 42.5 Å². The summed E-state index contributed by atoms with van der Waals surface area (Å²) in [5.74, 6) is 0. The molecule has 10 heteroatoms. The summed E-state index contributed by atoms with van der Waals surface area (Å²) in [5, 5.41) is 6.29. The minimum Gasteiger partial charge on any atom is -0.423 e. The first-order valence-corrected chi connectivity index (χ1v) is 8.48. The molecule has 0 atom stereocenters. The number of hydrogen-bond acceptors (Lipinski definition) is 3. The third-order valence-corrected chi connectivity index (χ3v) is 4.43. The van der Waals surface area contributed by atoms with Crippen LogP contribution >= 0.6 is 35.4 Å². The van der Waals surface area contributed by atoms with Crippen LogP contribution in [0.1, 0.15) is 5.56 Å². The van der Waals surface area contributed by atoms with Crippen molar-refractivity contribution in [3.05, 3.63) is 68.5 Å². The molecular formula is C17H9Cl2F3N2O2S. The van der Waals surface area contributed by atoms with Gasteiger partial charge >= 0.3 is 11.8 Å². The van der Waals surface area contributed by atoms with Crippen LogP contribution in [0.5, 0.6) is 0 Å². The molecule has 0 fully saturated rings. The van der Waals surface area contributed by atoms with E-state index in [9.17, 15) is 18.0 Å². The highest BCUT2D eigenvalue weighted by Crippen LogP contribution is 2.34. The average molecular weight is 433 g/mol. The fourth-order valence-electron chi connectivity index (χ4n) is 2.34. The van der Waals surface area contributed by atoms with Gasteiger partial charge in [-0.15, -0.1) is 0 Å². The lowest BCUT2D eigenvalue weighted by atomic mass is 10.1. The molecule has 0 radical (unpaired) electrons. The minimum atomic E-state index is -4.67. The largest absolute Gasteiger partial charge is 0.423 e. The van der Waals surface area contributed by atoms with Crippen LogP contribution in [0.4, 0.5) is 24.5 Å². The highest BCUT2D eigenvalue weighted by atomic mass is 35.5. The summed E-state index contributed by atoms with van der Waals surface area (Å²) >= 11 is 16.9. The molecule has 0 aliphatic carbocycles. The molecule has 140 valence electrons. The summed E-state index contributed by atoms with van der Waals surface area (Å²) in [4.78, 5) is 11.4. The van der Waals surface area contributed by atoms with E-state index < -0.39 is 17.4 Å². The standard InChI is InChI=1S/C17H9Cl2F3N2O2S/c18-12-4-2-8(5-13(12)19)23-16(27)24-9-1-3-10-11(17(20,21)22)7-15(25)26-14(10)6-9/h1-7H,(H2,23,24,27). The molecule has 0 spiro atoms. The number of hydrogen-bond donors (Lipinski definition) is 2. The van der Waals surface area contributed by atoms with E-state index in [0.29, 0.717) is 27.5 Å². The molecule has 0 saturated heterocycles. The molecule has 4 nitrogen and oxygen atoms in total. The summed E-state index contributed by atoms with van der Waals surface area (Å²) in [6, 6.07) is 9.06. The number of alkyl halides is 3. The molecule has 27 heavy (non-hydrogen) atoms. The first-order valence-electron chi connectivity index (χ1n) is 7.31. The zero-order valence-corrected chi connectivity index (χ0v) is 15.5. The molecule has 2 aromatic carbocycles. The van der Waals surface area contributed by atoms with E-state index >= 15 is 0 Å². The smallest absolute Gasteiger partial charge is 0.417 e.